The molecular formula is C13H18ClNO. The number of nitrogens with zero attached hydrogens (tertiary/aromatic N) is 1. The highest BCUT2D eigenvalue weighted by Crippen LogP contribution is 2.34. The number of hydrogen-bond donors (Lipinski definition) is 1. The zero-order valence-electron chi connectivity index (χ0n) is 9.56. The maximum absolute atomic E-state index is 9.10. The Bertz CT molecular complexity index is 352. The van der Waals surface area contributed by atoms with Gasteiger partial charge in [0.2, 0.25) is 0 Å². The molecule has 1 aromatic carbocycles. The van der Waals surface area contributed by atoms with Gasteiger partial charge in [-0.1, -0.05) is 23.7 Å². The van der Waals surface area contributed by atoms with Gasteiger partial charge in [0, 0.05) is 23.7 Å². The molecule has 3 heteroatoms. The highest BCUT2D eigenvalue weighted by Gasteiger charge is 2.32. The van der Waals surface area contributed by atoms with Crippen molar-refractivity contribution in [2.75, 3.05) is 13.2 Å². The number of halogens is 1. The molecule has 0 unspecified atom stereocenters. The maximum Gasteiger partial charge on any atom is 0.0558 e. The summed E-state index contributed by atoms with van der Waals surface area (Å²) in [6, 6.07) is 8.98. The molecular weight excluding hydrogens is 222 g/mol. The Morgan fingerprint density at radius 2 is 2.25 bits per heavy atom. The minimum atomic E-state index is 0.224. The quantitative estimate of drug-likeness (QED) is 0.854. The van der Waals surface area contributed by atoms with Crippen LogP contribution in [0.1, 0.15) is 31.4 Å². The molecule has 1 aliphatic rings. The number of aliphatic hydroxyl groups is 1. The molecule has 1 aliphatic carbocycles. The molecule has 1 N–H and O–H groups in total. The summed E-state index contributed by atoms with van der Waals surface area (Å²) in [6.45, 7) is 3.15. The first-order valence-electron chi connectivity index (χ1n) is 5.84. The molecule has 2 rings (SSSR count). The van der Waals surface area contributed by atoms with Crippen LogP contribution >= 0.6 is 11.6 Å². The summed E-state index contributed by atoms with van der Waals surface area (Å²) in [4.78, 5) is 2.37. The van der Waals surface area contributed by atoms with Gasteiger partial charge < -0.3 is 5.11 Å². The molecule has 1 saturated carbocycles. The van der Waals surface area contributed by atoms with E-state index >= 15 is 0 Å². The largest absolute Gasteiger partial charge is 0.395 e. The Kier molecular flexibility index (Phi) is 3.85. The van der Waals surface area contributed by atoms with E-state index in [0.717, 1.165) is 11.6 Å². The van der Waals surface area contributed by atoms with Crippen LogP contribution in [0.15, 0.2) is 24.3 Å². The van der Waals surface area contributed by atoms with Gasteiger partial charge in [-0.25, -0.2) is 0 Å². The molecule has 0 bridgehead atoms. The molecule has 1 aromatic rings. The Hall–Kier alpha value is -0.570. The molecule has 2 nitrogen and oxygen atoms in total. The smallest absolute Gasteiger partial charge is 0.0558 e. The molecule has 88 valence electrons. The maximum atomic E-state index is 9.10. The lowest BCUT2D eigenvalue weighted by Gasteiger charge is -2.28. The highest BCUT2D eigenvalue weighted by molar-refractivity contribution is 6.30. The van der Waals surface area contributed by atoms with E-state index in [0.29, 0.717) is 12.1 Å². The normalized spacial score (nSPS) is 17.8. The van der Waals surface area contributed by atoms with Crippen LogP contribution < -0.4 is 0 Å². The fourth-order valence-electron chi connectivity index (χ4n) is 2.17. The topological polar surface area (TPSA) is 23.5 Å². The van der Waals surface area contributed by atoms with Crippen molar-refractivity contribution in [1.29, 1.82) is 0 Å². The zero-order chi connectivity index (χ0) is 11.5. The van der Waals surface area contributed by atoms with Crippen molar-refractivity contribution in [2.24, 2.45) is 0 Å². The Morgan fingerprint density at radius 3 is 2.81 bits per heavy atom. The van der Waals surface area contributed by atoms with Crippen molar-refractivity contribution in [3.05, 3.63) is 34.9 Å². The predicted octanol–water partition coefficient (Wildman–Crippen LogP) is 2.86. The van der Waals surface area contributed by atoms with Gasteiger partial charge in [0.25, 0.3) is 0 Å². The van der Waals surface area contributed by atoms with Crippen LogP contribution in [0.4, 0.5) is 0 Å². The van der Waals surface area contributed by atoms with Gasteiger partial charge in [0.1, 0.15) is 0 Å². The monoisotopic (exact) mass is 239 g/mol. The third kappa shape index (κ3) is 2.76. The number of rotatable bonds is 5. The number of hydrogen-bond acceptors (Lipinski definition) is 2. The standard InChI is InChI=1S/C13H18ClNO/c1-10(11-3-2-4-12(14)9-11)15(7-8-16)13-5-6-13/h2-4,9-10,13,16H,5-8H2,1H3/t10-/m1/s1. The van der Waals surface area contributed by atoms with Gasteiger partial charge in [-0.05, 0) is 37.5 Å². The van der Waals surface area contributed by atoms with Crippen molar-refractivity contribution < 1.29 is 5.11 Å². The lowest BCUT2D eigenvalue weighted by molar-refractivity contribution is 0.151. The van der Waals surface area contributed by atoms with E-state index in [1.165, 1.54) is 18.4 Å². The van der Waals surface area contributed by atoms with Crippen LogP contribution in [0.2, 0.25) is 5.02 Å². The molecule has 16 heavy (non-hydrogen) atoms. The Morgan fingerprint density at radius 1 is 1.50 bits per heavy atom. The second-order valence-corrected chi connectivity index (χ2v) is 4.86. The average Bonchev–Trinajstić information content (AvgIpc) is 3.09. The summed E-state index contributed by atoms with van der Waals surface area (Å²) in [6.07, 6.45) is 2.51. The molecule has 0 aromatic heterocycles. The van der Waals surface area contributed by atoms with Gasteiger partial charge in [0.15, 0.2) is 0 Å². The molecule has 0 amide bonds. The number of aliphatic hydroxyl groups excluding tert-OH is 1. The summed E-state index contributed by atoms with van der Waals surface area (Å²) in [5.41, 5.74) is 1.23. The zero-order valence-corrected chi connectivity index (χ0v) is 10.3. The van der Waals surface area contributed by atoms with Crippen LogP contribution in [-0.4, -0.2) is 29.2 Å². The summed E-state index contributed by atoms with van der Waals surface area (Å²) in [5, 5.41) is 9.88. The molecule has 1 fully saturated rings. The number of benzene rings is 1. The van der Waals surface area contributed by atoms with E-state index in [9.17, 15) is 0 Å². The summed E-state index contributed by atoms with van der Waals surface area (Å²) in [5.74, 6) is 0. The highest BCUT2D eigenvalue weighted by atomic mass is 35.5. The summed E-state index contributed by atoms with van der Waals surface area (Å²) < 4.78 is 0. The van der Waals surface area contributed by atoms with Crippen molar-refractivity contribution in [1.82, 2.24) is 4.90 Å². The van der Waals surface area contributed by atoms with Gasteiger partial charge >= 0.3 is 0 Å². The second kappa shape index (κ2) is 5.17. The SMILES string of the molecule is C[C@H](c1cccc(Cl)c1)N(CCO)C1CC1. The molecule has 0 saturated heterocycles. The van der Waals surface area contributed by atoms with E-state index in [-0.39, 0.29) is 6.61 Å². The minimum Gasteiger partial charge on any atom is -0.395 e. The van der Waals surface area contributed by atoms with Crippen molar-refractivity contribution in [2.45, 2.75) is 31.8 Å². The van der Waals surface area contributed by atoms with Gasteiger partial charge in [-0.3, -0.25) is 4.90 Å². The predicted molar refractivity (Wildman–Crippen MR) is 66.7 cm³/mol. The van der Waals surface area contributed by atoms with E-state index in [4.69, 9.17) is 16.7 Å². The van der Waals surface area contributed by atoms with Crippen molar-refractivity contribution in [3.63, 3.8) is 0 Å². The molecule has 0 spiro atoms. The van der Waals surface area contributed by atoms with E-state index < -0.39 is 0 Å². The summed E-state index contributed by atoms with van der Waals surface area (Å²) in [7, 11) is 0. The Balaban J connectivity index is 2.12. The van der Waals surface area contributed by atoms with E-state index in [2.05, 4.69) is 17.9 Å². The van der Waals surface area contributed by atoms with E-state index in [1.807, 2.05) is 18.2 Å². The first-order valence-corrected chi connectivity index (χ1v) is 6.22. The van der Waals surface area contributed by atoms with Crippen molar-refractivity contribution >= 4 is 11.6 Å². The van der Waals surface area contributed by atoms with Crippen LogP contribution in [0.25, 0.3) is 0 Å². The fourth-order valence-corrected chi connectivity index (χ4v) is 2.37. The third-order valence-electron chi connectivity index (χ3n) is 3.20. The molecule has 0 radical (unpaired) electrons. The first-order chi connectivity index (χ1) is 7.72. The van der Waals surface area contributed by atoms with Crippen LogP contribution in [-0.2, 0) is 0 Å². The lowest BCUT2D eigenvalue weighted by atomic mass is 10.1. The van der Waals surface area contributed by atoms with Crippen molar-refractivity contribution in [3.8, 4) is 0 Å². The minimum absolute atomic E-state index is 0.224. The fraction of sp³-hybridized carbons (Fsp3) is 0.538. The van der Waals surface area contributed by atoms with Gasteiger partial charge in [0.05, 0.1) is 6.61 Å². The second-order valence-electron chi connectivity index (χ2n) is 4.42. The molecule has 0 aliphatic heterocycles. The van der Waals surface area contributed by atoms with Crippen LogP contribution in [0.3, 0.4) is 0 Å². The van der Waals surface area contributed by atoms with Crippen LogP contribution in [0.5, 0.6) is 0 Å². The lowest BCUT2D eigenvalue weighted by Crippen LogP contribution is -2.31. The first kappa shape index (κ1) is 11.9. The van der Waals surface area contributed by atoms with Gasteiger partial charge in [-0.2, -0.15) is 0 Å². The van der Waals surface area contributed by atoms with Crippen LogP contribution in [0, 0.1) is 0 Å². The Labute approximate surface area is 102 Å². The third-order valence-corrected chi connectivity index (χ3v) is 3.44. The summed E-state index contributed by atoms with van der Waals surface area (Å²) >= 11 is 6.00. The van der Waals surface area contributed by atoms with E-state index in [1.54, 1.807) is 0 Å². The molecule has 0 heterocycles. The average molecular weight is 240 g/mol. The van der Waals surface area contributed by atoms with Gasteiger partial charge in [-0.15, -0.1) is 0 Å². The molecule has 1 atom stereocenters.